The maximum absolute atomic E-state index is 11.5. The van der Waals surface area contributed by atoms with Crippen molar-refractivity contribution in [1.82, 2.24) is 0 Å². The van der Waals surface area contributed by atoms with Crippen molar-refractivity contribution in [1.29, 1.82) is 0 Å². The molecular formula is C21H30O3. The van der Waals surface area contributed by atoms with E-state index >= 15 is 0 Å². The van der Waals surface area contributed by atoms with Gasteiger partial charge >= 0.3 is 6.16 Å². The first-order chi connectivity index (χ1) is 11.7. The Morgan fingerprint density at radius 2 is 1.88 bits per heavy atom. The third kappa shape index (κ3) is 6.03. The van der Waals surface area contributed by atoms with Crippen LogP contribution in [0.25, 0.3) is 5.57 Å². The highest BCUT2D eigenvalue weighted by Crippen LogP contribution is 2.33. The third-order valence-electron chi connectivity index (χ3n) is 4.63. The van der Waals surface area contributed by atoms with Gasteiger partial charge in [-0.25, -0.2) is 4.79 Å². The zero-order valence-corrected chi connectivity index (χ0v) is 15.1. The van der Waals surface area contributed by atoms with Crippen LogP contribution in [0.1, 0.15) is 70.8 Å². The van der Waals surface area contributed by atoms with Crippen molar-refractivity contribution in [3.63, 3.8) is 0 Å². The molecule has 0 heterocycles. The van der Waals surface area contributed by atoms with E-state index in [0.29, 0.717) is 12.4 Å². The smallest absolute Gasteiger partial charge is 0.434 e. The second kappa shape index (κ2) is 10.2. The molecule has 0 N–H and O–H groups in total. The number of rotatable bonds is 8. The van der Waals surface area contributed by atoms with Gasteiger partial charge in [-0.2, -0.15) is 0 Å². The van der Waals surface area contributed by atoms with Crippen molar-refractivity contribution in [3.8, 4) is 5.75 Å². The summed E-state index contributed by atoms with van der Waals surface area (Å²) >= 11 is 0. The molecule has 0 bridgehead atoms. The van der Waals surface area contributed by atoms with E-state index < -0.39 is 6.16 Å². The molecule has 0 saturated carbocycles. The van der Waals surface area contributed by atoms with Crippen LogP contribution in [0.4, 0.5) is 4.79 Å². The van der Waals surface area contributed by atoms with Crippen molar-refractivity contribution in [2.24, 2.45) is 5.92 Å². The number of hydrogen-bond donors (Lipinski definition) is 0. The van der Waals surface area contributed by atoms with Gasteiger partial charge < -0.3 is 9.47 Å². The van der Waals surface area contributed by atoms with E-state index in [1.165, 1.54) is 43.2 Å². The van der Waals surface area contributed by atoms with Crippen molar-refractivity contribution in [2.45, 2.75) is 65.2 Å². The molecular weight excluding hydrogens is 300 g/mol. The van der Waals surface area contributed by atoms with Gasteiger partial charge in [-0.05, 0) is 54.9 Å². The van der Waals surface area contributed by atoms with Crippen LogP contribution in [-0.4, -0.2) is 12.8 Å². The molecule has 3 heteroatoms. The lowest BCUT2D eigenvalue weighted by Gasteiger charge is -2.22. The number of unbranched alkanes of at least 4 members (excludes halogenated alkanes) is 2. The van der Waals surface area contributed by atoms with E-state index in [0.717, 1.165) is 25.2 Å². The second-order valence-corrected chi connectivity index (χ2v) is 6.59. The first kappa shape index (κ1) is 18.6. The molecule has 0 aromatic heterocycles. The topological polar surface area (TPSA) is 35.5 Å². The quantitative estimate of drug-likeness (QED) is 0.315. The molecule has 0 spiro atoms. The molecule has 0 saturated heterocycles. The normalized spacial score (nSPS) is 17.2. The van der Waals surface area contributed by atoms with E-state index in [4.69, 9.17) is 9.47 Å². The lowest BCUT2D eigenvalue weighted by molar-refractivity contribution is 0.0978. The van der Waals surface area contributed by atoms with Crippen LogP contribution in [0.5, 0.6) is 5.75 Å². The fourth-order valence-corrected chi connectivity index (χ4v) is 3.07. The molecule has 3 nitrogen and oxygen atoms in total. The van der Waals surface area contributed by atoms with Crippen molar-refractivity contribution >= 4 is 11.7 Å². The summed E-state index contributed by atoms with van der Waals surface area (Å²) in [6, 6.07) is 7.76. The number of carbonyl (C=O) groups excluding carboxylic acids is 1. The number of hydrogen-bond acceptors (Lipinski definition) is 3. The Labute approximate surface area is 146 Å². The summed E-state index contributed by atoms with van der Waals surface area (Å²) < 4.78 is 10.2. The Hall–Kier alpha value is -1.77. The van der Waals surface area contributed by atoms with Crippen molar-refractivity contribution in [3.05, 3.63) is 35.9 Å². The van der Waals surface area contributed by atoms with Gasteiger partial charge in [0.15, 0.2) is 0 Å². The first-order valence-corrected chi connectivity index (χ1v) is 9.37. The third-order valence-corrected chi connectivity index (χ3v) is 4.63. The Morgan fingerprint density at radius 1 is 1.12 bits per heavy atom. The average molecular weight is 330 g/mol. The van der Waals surface area contributed by atoms with Gasteiger partial charge in [0.05, 0.1) is 6.61 Å². The van der Waals surface area contributed by atoms with E-state index in [1.54, 1.807) is 0 Å². The van der Waals surface area contributed by atoms with Crippen molar-refractivity contribution in [2.75, 3.05) is 6.61 Å². The summed E-state index contributed by atoms with van der Waals surface area (Å²) in [6.45, 7) is 4.73. The van der Waals surface area contributed by atoms with Gasteiger partial charge in [-0.15, -0.1) is 0 Å². The van der Waals surface area contributed by atoms with Gasteiger partial charge in [0.25, 0.3) is 0 Å². The Bertz CT molecular complexity index is 531. The van der Waals surface area contributed by atoms with E-state index in [9.17, 15) is 4.79 Å². The minimum Gasteiger partial charge on any atom is -0.434 e. The van der Waals surface area contributed by atoms with Crippen LogP contribution in [0.15, 0.2) is 30.3 Å². The summed E-state index contributed by atoms with van der Waals surface area (Å²) in [4.78, 5) is 11.5. The molecule has 0 fully saturated rings. The highest BCUT2D eigenvalue weighted by Gasteiger charge is 2.15. The summed E-state index contributed by atoms with van der Waals surface area (Å²) in [5.74, 6) is 1.40. The fraction of sp³-hybridized carbons (Fsp3) is 0.571. The minimum atomic E-state index is -0.619. The summed E-state index contributed by atoms with van der Waals surface area (Å²) in [5, 5.41) is 0. The Balaban J connectivity index is 1.84. The van der Waals surface area contributed by atoms with Crippen LogP contribution >= 0.6 is 0 Å². The molecule has 0 aliphatic heterocycles. The average Bonchev–Trinajstić information content (AvgIpc) is 2.61. The molecule has 132 valence electrons. The molecule has 24 heavy (non-hydrogen) atoms. The van der Waals surface area contributed by atoms with E-state index in [-0.39, 0.29) is 0 Å². The van der Waals surface area contributed by atoms with Crippen LogP contribution in [0.3, 0.4) is 0 Å². The zero-order valence-electron chi connectivity index (χ0n) is 15.1. The SMILES string of the molecule is CCCCOC(=O)Oc1ccc(C2=CCC(CCCC)CC2)cc1. The molecule has 1 atom stereocenters. The van der Waals surface area contributed by atoms with Crippen LogP contribution in [-0.2, 0) is 4.74 Å². The maximum atomic E-state index is 11.5. The lowest BCUT2D eigenvalue weighted by Crippen LogP contribution is -2.11. The largest absolute Gasteiger partial charge is 0.513 e. The van der Waals surface area contributed by atoms with Gasteiger partial charge in [0, 0.05) is 0 Å². The van der Waals surface area contributed by atoms with Crippen LogP contribution in [0.2, 0.25) is 0 Å². The molecule has 0 radical (unpaired) electrons. The molecule has 1 aromatic rings. The Morgan fingerprint density at radius 3 is 2.50 bits per heavy atom. The molecule has 0 amide bonds. The predicted molar refractivity (Wildman–Crippen MR) is 98.2 cm³/mol. The second-order valence-electron chi connectivity index (χ2n) is 6.59. The Kier molecular flexibility index (Phi) is 7.87. The summed E-state index contributed by atoms with van der Waals surface area (Å²) in [5.41, 5.74) is 2.65. The van der Waals surface area contributed by atoms with Gasteiger partial charge in [-0.3, -0.25) is 0 Å². The monoisotopic (exact) mass is 330 g/mol. The molecule has 2 rings (SSSR count). The minimum absolute atomic E-state index is 0.416. The fourth-order valence-electron chi connectivity index (χ4n) is 3.07. The van der Waals surface area contributed by atoms with Gasteiger partial charge in [0.2, 0.25) is 0 Å². The predicted octanol–water partition coefficient (Wildman–Crippen LogP) is 6.38. The number of allylic oxidation sites excluding steroid dienone is 2. The number of carbonyl (C=O) groups is 1. The standard InChI is InChI=1S/C21H30O3/c1-3-5-7-17-8-10-18(11-9-17)19-12-14-20(15-13-19)24-21(22)23-16-6-4-2/h10,12-15,17H,3-9,11,16H2,1-2H3. The number of benzene rings is 1. The molecule has 1 aromatic carbocycles. The van der Waals surface area contributed by atoms with E-state index in [2.05, 4.69) is 19.9 Å². The molecule has 1 aliphatic rings. The molecule has 1 unspecified atom stereocenters. The number of ether oxygens (including phenoxy) is 2. The van der Waals surface area contributed by atoms with Crippen molar-refractivity contribution < 1.29 is 14.3 Å². The van der Waals surface area contributed by atoms with E-state index in [1.807, 2.05) is 24.3 Å². The maximum Gasteiger partial charge on any atom is 0.513 e. The lowest BCUT2D eigenvalue weighted by atomic mass is 9.84. The first-order valence-electron chi connectivity index (χ1n) is 9.37. The van der Waals surface area contributed by atoms with Gasteiger partial charge in [0.1, 0.15) is 5.75 Å². The highest BCUT2D eigenvalue weighted by molar-refractivity contribution is 5.68. The van der Waals surface area contributed by atoms with Gasteiger partial charge in [-0.1, -0.05) is 57.7 Å². The summed E-state index contributed by atoms with van der Waals surface area (Å²) in [6.07, 6.45) is 11.2. The summed E-state index contributed by atoms with van der Waals surface area (Å²) in [7, 11) is 0. The molecule has 1 aliphatic carbocycles. The zero-order chi connectivity index (χ0) is 17.2. The van der Waals surface area contributed by atoms with Crippen LogP contribution < -0.4 is 4.74 Å². The highest BCUT2D eigenvalue weighted by atomic mass is 16.7. The van der Waals surface area contributed by atoms with Crippen LogP contribution in [0, 0.1) is 5.92 Å².